The van der Waals surface area contributed by atoms with Gasteiger partial charge in [-0.25, -0.2) is 0 Å². The van der Waals surface area contributed by atoms with E-state index in [1.165, 1.54) is 12.8 Å². The molecule has 4 nitrogen and oxygen atoms in total. The zero-order chi connectivity index (χ0) is 18.1. The zero-order valence-electron chi connectivity index (χ0n) is 16.2. The number of benzene rings is 1. The van der Waals surface area contributed by atoms with E-state index < -0.39 is 0 Å². The van der Waals surface area contributed by atoms with Gasteiger partial charge in [0.25, 0.3) is 5.91 Å². The Morgan fingerprint density at radius 3 is 2.32 bits per heavy atom. The molecular weight excluding hydrogens is 313 g/mol. The normalized spacial score (nSPS) is 25.4. The molecule has 1 aromatic carbocycles. The standard InChI is InChI=1S/C20H28BNO3/c1-12-9-16(21-24-19(3,4)20(5,6)25-21)10-15-11-22(18(23)17(12)15)13(2)14-7-8-14/h9-10,13-14H,7-8,11H2,1-6H3/t13-/m0/s1. The second-order valence-electron chi connectivity index (χ2n) is 8.97. The van der Waals surface area contributed by atoms with Crippen LogP contribution in [0.3, 0.4) is 0 Å². The van der Waals surface area contributed by atoms with Crippen LogP contribution >= 0.6 is 0 Å². The molecule has 1 saturated heterocycles. The van der Waals surface area contributed by atoms with Crippen LogP contribution in [0.25, 0.3) is 0 Å². The molecule has 1 aromatic rings. The molecular formula is C20H28BNO3. The van der Waals surface area contributed by atoms with Crippen molar-refractivity contribution in [1.82, 2.24) is 4.90 Å². The number of nitrogens with zero attached hydrogens (tertiary/aromatic N) is 1. The molecule has 1 aliphatic carbocycles. The molecule has 0 bridgehead atoms. The van der Waals surface area contributed by atoms with E-state index in [1.807, 2.05) is 11.8 Å². The number of hydrogen-bond acceptors (Lipinski definition) is 3. The van der Waals surface area contributed by atoms with Gasteiger partial charge in [-0.15, -0.1) is 0 Å². The van der Waals surface area contributed by atoms with Crippen LogP contribution in [-0.2, 0) is 15.9 Å². The van der Waals surface area contributed by atoms with E-state index in [0.717, 1.165) is 22.2 Å². The summed E-state index contributed by atoms with van der Waals surface area (Å²) in [6.07, 6.45) is 2.50. The monoisotopic (exact) mass is 341 g/mol. The summed E-state index contributed by atoms with van der Waals surface area (Å²) >= 11 is 0. The predicted octanol–water partition coefficient (Wildman–Crippen LogP) is 3.05. The first-order chi connectivity index (χ1) is 11.6. The van der Waals surface area contributed by atoms with Crippen LogP contribution in [0.1, 0.15) is 68.9 Å². The number of amides is 1. The third-order valence-corrected chi connectivity index (χ3v) is 6.58. The lowest BCUT2D eigenvalue weighted by atomic mass is 9.77. The molecule has 5 heteroatoms. The molecule has 0 N–H and O–H groups in total. The van der Waals surface area contributed by atoms with Gasteiger partial charge >= 0.3 is 7.12 Å². The minimum atomic E-state index is -0.376. The van der Waals surface area contributed by atoms with Gasteiger partial charge in [-0.2, -0.15) is 0 Å². The molecule has 1 atom stereocenters. The average Bonchev–Trinajstić information content (AvgIpc) is 3.25. The van der Waals surface area contributed by atoms with Gasteiger partial charge in [-0.3, -0.25) is 4.79 Å². The fraction of sp³-hybridized carbons (Fsp3) is 0.650. The number of aryl methyl sites for hydroxylation is 1. The van der Waals surface area contributed by atoms with Crippen molar-refractivity contribution in [2.24, 2.45) is 5.92 Å². The summed E-state index contributed by atoms with van der Waals surface area (Å²) in [5, 5.41) is 0. The number of carbonyl (C=O) groups excluding carboxylic acids is 1. The number of hydrogen-bond donors (Lipinski definition) is 0. The molecule has 2 aliphatic heterocycles. The Balaban J connectivity index is 1.64. The SMILES string of the molecule is Cc1cc(B2OC(C)(C)C(C)(C)O2)cc2c1C(=O)N([C@@H](C)C1CC1)C2. The molecule has 134 valence electrons. The van der Waals surface area contributed by atoms with Crippen molar-refractivity contribution < 1.29 is 14.1 Å². The van der Waals surface area contributed by atoms with Crippen molar-refractivity contribution in [3.63, 3.8) is 0 Å². The highest BCUT2D eigenvalue weighted by Gasteiger charge is 2.52. The van der Waals surface area contributed by atoms with E-state index in [4.69, 9.17) is 9.31 Å². The van der Waals surface area contributed by atoms with Crippen LogP contribution < -0.4 is 5.46 Å². The van der Waals surface area contributed by atoms with Gasteiger partial charge in [0, 0.05) is 18.2 Å². The second-order valence-corrected chi connectivity index (χ2v) is 8.97. The molecule has 0 aromatic heterocycles. The fourth-order valence-electron chi connectivity index (χ4n) is 4.00. The molecule has 0 unspecified atom stereocenters. The van der Waals surface area contributed by atoms with Gasteiger partial charge in [0.05, 0.1) is 11.2 Å². The molecule has 2 heterocycles. The maximum Gasteiger partial charge on any atom is 0.494 e. The Morgan fingerprint density at radius 2 is 1.76 bits per heavy atom. The third-order valence-electron chi connectivity index (χ3n) is 6.58. The second kappa shape index (κ2) is 5.34. The highest BCUT2D eigenvalue weighted by Crippen LogP contribution is 2.39. The fourth-order valence-corrected chi connectivity index (χ4v) is 4.00. The summed E-state index contributed by atoms with van der Waals surface area (Å²) in [7, 11) is -0.376. The van der Waals surface area contributed by atoms with Crippen LogP contribution in [0.5, 0.6) is 0 Å². The summed E-state index contributed by atoms with van der Waals surface area (Å²) in [5.74, 6) is 0.869. The highest BCUT2D eigenvalue weighted by atomic mass is 16.7. The van der Waals surface area contributed by atoms with Crippen molar-refractivity contribution in [3.8, 4) is 0 Å². The van der Waals surface area contributed by atoms with E-state index in [1.54, 1.807) is 0 Å². The van der Waals surface area contributed by atoms with E-state index >= 15 is 0 Å². The van der Waals surface area contributed by atoms with E-state index in [-0.39, 0.29) is 24.2 Å². The molecule has 25 heavy (non-hydrogen) atoms. The summed E-state index contributed by atoms with van der Waals surface area (Å²) in [5.41, 5.74) is 3.33. The summed E-state index contributed by atoms with van der Waals surface area (Å²) in [6.45, 7) is 13.2. The first-order valence-corrected chi connectivity index (χ1v) is 9.41. The van der Waals surface area contributed by atoms with Crippen LogP contribution in [0.15, 0.2) is 12.1 Å². The highest BCUT2D eigenvalue weighted by molar-refractivity contribution is 6.62. The molecule has 0 radical (unpaired) electrons. The summed E-state index contributed by atoms with van der Waals surface area (Å²) < 4.78 is 12.4. The topological polar surface area (TPSA) is 38.8 Å². The first-order valence-electron chi connectivity index (χ1n) is 9.41. The first kappa shape index (κ1) is 17.1. The van der Waals surface area contributed by atoms with Crippen LogP contribution in [0.2, 0.25) is 0 Å². The summed E-state index contributed by atoms with van der Waals surface area (Å²) in [6, 6.07) is 4.51. The third kappa shape index (κ3) is 2.63. The maximum atomic E-state index is 12.9. The number of fused-ring (bicyclic) bond motifs is 1. The predicted molar refractivity (Wildman–Crippen MR) is 99.0 cm³/mol. The van der Waals surface area contributed by atoms with Gasteiger partial charge in [0.2, 0.25) is 0 Å². The number of carbonyl (C=O) groups is 1. The maximum absolute atomic E-state index is 12.9. The van der Waals surface area contributed by atoms with Gasteiger partial charge < -0.3 is 14.2 Å². The van der Waals surface area contributed by atoms with Crippen molar-refractivity contribution >= 4 is 18.5 Å². The lowest BCUT2D eigenvalue weighted by Gasteiger charge is -2.32. The van der Waals surface area contributed by atoms with E-state index in [9.17, 15) is 4.79 Å². The van der Waals surface area contributed by atoms with Crippen LogP contribution in [0, 0.1) is 12.8 Å². The molecule has 3 aliphatic rings. The van der Waals surface area contributed by atoms with Gasteiger partial charge in [0.1, 0.15) is 0 Å². The Labute approximate surface area is 151 Å². The van der Waals surface area contributed by atoms with Gasteiger partial charge in [0.15, 0.2) is 0 Å². The van der Waals surface area contributed by atoms with Crippen molar-refractivity contribution in [2.45, 2.75) is 78.2 Å². The molecule has 1 amide bonds. The average molecular weight is 341 g/mol. The Bertz CT molecular complexity index is 723. The molecule has 0 spiro atoms. The van der Waals surface area contributed by atoms with Crippen molar-refractivity contribution in [3.05, 3.63) is 28.8 Å². The largest absolute Gasteiger partial charge is 0.494 e. The molecule has 2 fully saturated rings. The van der Waals surface area contributed by atoms with Crippen LogP contribution in [0.4, 0.5) is 0 Å². The number of rotatable bonds is 3. The van der Waals surface area contributed by atoms with E-state index in [2.05, 4.69) is 46.8 Å². The summed E-state index contributed by atoms with van der Waals surface area (Å²) in [4.78, 5) is 14.9. The smallest absolute Gasteiger partial charge is 0.399 e. The van der Waals surface area contributed by atoms with Crippen molar-refractivity contribution in [2.75, 3.05) is 0 Å². The quantitative estimate of drug-likeness (QED) is 0.794. The van der Waals surface area contributed by atoms with Crippen molar-refractivity contribution in [1.29, 1.82) is 0 Å². The minimum Gasteiger partial charge on any atom is -0.399 e. The Morgan fingerprint density at radius 1 is 1.16 bits per heavy atom. The lowest BCUT2D eigenvalue weighted by Crippen LogP contribution is -2.41. The van der Waals surface area contributed by atoms with Gasteiger partial charge in [-0.1, -0.05) is 12.1 Å². The Kier molecular flexibility index (Phi) is 3.65. The van der Waals surface area contributed by atoms with E-state index in [0.29, 0.717) is 18.5 Å². The zero-order valence-corrected chi connectivity index (χ0v) is 16.2. The molecule has 4 rings (SSSR count). The van der Waals surface area contributed by atoms with Gasteiger partial charge in [-0.05, 0) is 76.9 Å². The molecule has 1 saturated carbocycles. The van der Waals surface area contributed by atoms with Crippen LogP contribution in [-0.4, -0.2) is 35.2 Å². The Hall–Kier alpha value is -1.33. The lowest BCUT2D eigenvalue weighted by molar-refractivity contribution is 0.00578. The minimum absolute atomic E-state index is 0.187.